The van der Waals surface area contributed by atoms with E-state index in [2.05, 4.69) is 100 Å². The Bertz CT molecular complexity index is 1820. The van der Waals surface area contributed by atoms with Crippen molar-refractivity contribution >= 4 is 38.1 Å². The van der Waals surface area contributed by atoms with Crippen molar-refractivity contribution in [2.45, 2.75) is 60.5 Å². The summed E-state index contributed by atoms with van der Waals surface area (Å²) < 4.78 is 13.4. The molecule has 1 aromatic heterocycles. The number of ether oxygens (including phenoxy) is 2. The molecule has 0 aliphatic carbocycles. The maximum absolute atomic E-state index is 14.3. The highest BCUT2D eigenvalue weighted by Crippen LogP contribution is 2.41. The van der Waals surface area contributed by atoms with Gasteiger partial charge < -0.3 is 35.8 Å². The molecule has 0 unspecified atom stereocenters. The summed E-state index contributed by atoms with van der Waals surface area (Å²) >= 11 is 1.56. The highest BCUT2D eigenvalue weighted by Gasteiger charge is 2.26. The molecular weight excluding hydrogens is 656 g/mol. The number of aryl methyl sites for hydroxylation is 3. The number of nitrogens with zero attached hydrogens (tertiary/aromatic N) is 2. The highest BCUT2D eigenvalue weighted by atomic mass is 79.9. The minimum absolute atomic E-state index is 0. The van der Waals surface area contributed by atoms with Crippen molar-refractivity contribution < 1.29 is 35.7 Å². The van der Waals surface area contributed by atoms with E-state index < -0.39 is 0 Å². The number of halogens is 1. The van der Waals surface area contributed by atoms with E-state index in [-0.39, 0.29) is 29.7 Å². The number of quaternary nitrogens is 1. The Balaban J connectivity index is 0.00000417. The van der Waals surface area contributed by atoms with E-state index >= 15 is 0 Å². The van der Waals surface area contributed by atoms with E-state index in [4.69, 9.17) is 9.47 Å². The van der Waals surface area contributed by atoms with Crippen molar-refractivity contribution in [2.24, 2.45) is 0 Å². The summed E-state index contributed by atoms with van der Waals surface area (Å²) in [6.07, 6.45) is 2.03. The third kappa shape index (κ3) is 7.27. The van der Waals surface area contributed by atoms with Gasteiger partial charge >= 0.3 is 0 Å². The number of rotatable bonds is 12. The lowest BCUT2D eigenvalue weighted by molar-refractivity contribution is -0.938. The van der Waals surface area contributed by atoms with Gasteiger partial charge in [-0.15, -0.1) is 11.3 Å². The second-order valence-corrected chi connectivity index (χ2v) is 13.8. The number of fused-ring (bicyclic) bond motifs is 3. The molecule has 1 aliphatic rings. The number of hydrogen-bond acceptors (Lipinski definition) is 4. The summed E-state index contributed by atoms with van der Waals surface area (Å²) in [4.78, 5) is 17.2. The Morgan fingerprint density at radius 2 is 1.52 bits per heavy atom. The van der Waals surface area contributed by atoms with E-state index in [9.17, 15) is 4.79 Å². The summed E-state index contributed by atoms with van der Waals surface area (Å²) in [6, 6.07) is 26.0. The number of carbonyl (C=O) groups excluding carboxylic acids is 1. The fraction of sp³-hybridized carbons (Fsp3) is 0.359. The minimum atomic E-state index is 0. The maximum atomic E-state index is 14.3. The fourth-order valence-corrected chi connectivity index (χ4v) is 8.09. The van der Waals surface area contributed by atoms with Crippen LogP contribution in [0.15, 0.2) is 72.8 Å². The largest absolute Gasteiger partial charge is 1.00 e. The Kier molecular flexibility index (Phi) is 10.8. The predicted octanol–water partition coefficient (Wildman–Crippen LogP) is 6.19. The van der Waals surface area contributed by atoms with Crippen LogP contribution in [0.1, 0.15) is 64.2 Å². The number of hydrogen-bond donors (Lipinski definition) is 0. The lowest BCUT2D eigenvalue weighted by Crippen LogP contribution is -3.00. The second kappa shape index (κ2) is 14.6. The van der Waals surface area contributed by atoms with Gasteiger partial charge in [-0.25, -0.2) is 0 Å². The van der Waals surface area contributed by atoms with E-state index in [1.54, 1.807) is 11.3 Å². The fourth-order valence-electron chi connectivity index (χ4n) is 6.91. The SMILES string of the molecule is CC[N+](CC)(CCCCN(Cc1ccc2ccccc2c1)C(=O)c1sc2cc3c(cc2c1C)OCO3)Cc1cc(C)cc(C)c1.[Br-]. The van der Waals surface area contributed by atoms with Crippen molar-refractivity contribution in [1.29, 1.82) is 0 Å². The standard InChI is InChI=1S/C39H45N2O3S.BrH/c1-6-41(7-2,25-31-19-27(3)18-28(4)20-31)17-11-10-16-40(24-30-14-15-32-12-8-9-13-33(32)21-30)39(42)38-29(5)34-22-35-36(44-26-43-35)23-37(34)45-38;/h8-9,12-15,18-23H,6-7,10-11,16-17,24-26H2,1-5H3;1H/q+1;/p-1. The van der Waals surface area contributed by atoms with Crippen molar-refractivity contribution in [3.05, 3.63) is 105 Å². The zero-order chi connectivity index (χ0) is 31.6. The molecule has 0 spiro atoms. The van der Waals surface area contributed by atoms with Gasteiger partial charge in [0, 0.05) is 34.8 Å². The van der Waals surface area contributed by atoms with Gasteiger partial charge in [0.1, 0.15) is 6.54 Å². The van der Waals surface area contributed by atoms with Crippen LogP contribution in [0, 0.1) is 20.8 Å². The van der Waals surface area contributed by atoms with Crippen molar-refractivity contribution in [3.63, 3.8) is 0 Å². The average molecular weight is 702 g/mol. The van der Waals surface area contributed by atoms with Gasteiger partial charge in [0.05, 0.1) is 24.5 Å². The number of benzene rings is 4. The van der Waals surface area contributed by atoms with Crippen LogP contribution in [-0.4, -0.2) is 48.3 Å². The molecule has 2 heterocycles. The van der Waals surface area contributed by atoms with Crippen LogP contribution in [-0.2, 0) is 13.1 Å². The summed E-state index contributed by atoms with van der Waals surface area (Å²) in [7, 11) is 0. The number of carbonyl (C=O) groups is 1. The van der Waals surface area contributed by atoms with Gasteiger partial charge in [-0.1, -0.05) is 65.7 Å². The molecule has 0 saturated heterocycles. The smallest absolute Gasteiger partial charge is 0.264 e. The molecule has 242 valence electrons. The zero-order valence-corrected chi connectivity index (χ0v) is 30.1. The quantitative estimate of drug-likeness (QED) is 0.115. The first-order chi connectivity index (χ1) is 21.8. The van der Waals surface area contributed by atoms with Crippen molar-refractivity contribution in [1.82, 2.24) is 4.90 Å². The van der Waals surface area contributed by atoms with Gasteiger partial charge in [0.25, 0.3) is 5.91 Å². The Labute approximate surface area is 288 Å². The molecule has 1 aliphatic heterocycles. The summed E-state index contributed by atoms with van der Waals surface area (Å²) in [6.45, 7) is 17.0. The number of amides is 1. The molecule has 1 amide bonds. The molecule has 4 aromatic carbocycles. The molecule has 5 nitrogen and oxygen atoms in total. The topological polar surface area (TPSA) is 38.8 Å². The molecule has 46 heavy (non-hydrogen) atoms. The first-order valence-electron chi connectivity index (χ1n) is 16.3. The maximum Gasteiger partial charge on any atom is 0.264 e. The predicted molar refractivity (Wildman–Crippen MR) is 186 cm³/mol. The summed E-state index contributed by atoms with van der Waals surface area (Å²) in [5.74, 6) is 1.61. The van der Waals surface area contributed by atoms with Gasteiger partial charge in [0.2, 0.25) is 6.79 Å². The van der Waals surface area contributed by atoms with Crippen LogP contribution in [0.4, 0.5) is 0 Å². The Hall–Kier alpha value is -3.39. The molecule has 6 rings (SSSR count). The van der Waals surface area contributed by atoms with Crippen LogP contribution in [0.2, 0.25) is 0 Å². The zero-order valence-electron chi connectivity index (χ0n) is 27.7. The third-order valence-corrected chi connectivity index (χ3v) is 10.8. The van der Waals surface area contributed by atoms with Crippen LogP contribution >= 0.6 is 11.3 Å². The van der Waals surface area contributed by atoms with Gasteiger partial charge in [-0.2, -0.15) is 0 Å². The second-order valence-electron chi connectivity index (χ2n) is 12.7. The lowest BCUT2D eigenvalue weighted by atomic mass is 10.1. The Morgan fingerprint density at radius 1 is 0.826 bits per heavy atom. The van der Waals surface area contributed by atoms with E-state index in [1.807, 2.05) is 12.1 Å². The molecular formula is C39H45BrN2O3S. The first kappa shape index (κ1) is 34.0. The normalized spacial score (nSPS) is 12.5. The van der Waals surface area contributed by atoms with Crippen molar-refractivity contribution in [3.8, 4) is 11.5 Å². The molecule has 0 saturated carbocycles. The number of unbranched alkanes of at least 4 members (excludes halogenated alkanes) is 1. The monoisotopic (exact) mass is 700 g/mol. The summed E-state index contributed by atoms with van der Waals surface area (Å²) in [5, 5.41) is 3.49. The van der Waals surface area contributed by atoms with Gasteiger partial charge in [-0.3, -0.25) is 4.79 Å². The van der Waals surface area contributed by atoms with Gasteiger partial charge in [-0.05, 0) is 81.5 Å². The van der Waals surface area contributed by atoms with E-state index in [0.29, 0.717) is 6.54 Å². The van der Waals surface area contributed by atoms with Crippen LogP contribution in [0.25, 0.3) is 20.9 Å². The van der Waals surface area contributed by atoms with Crippen LogP contribution in [0.5, 0.6) is 11.5 Å². The van der Waals surface area contributed by atoms with Crippen molar-refractivity contribution in [2.75, 3.05) is 33.0 Å². The van der Waals surface area contributed by atoms with E-state index in [0.717, 1.165) is 87.6 Å². The summed E-state index contributed by atoms with van der Waals surface area (Å²) in [5.41, 5.74) is 6.26. The number of thiophene rings is 1. The molecule has 0 atom stereocenters. The first-order valence-corrected chi connectivity index (χ1v) is 17.1. The molecule has 5 aromatic rings. The molecule has 7 heteroatoms. The molecule has 0 bridgehead atoms. The average Bonchev–Trinajstić information content (AvgIpc) is 3.63. The van der Waals surface area contributed by atoms with Crippen LogP contribution < -0.4 is 26.5 Å². The molecule has 0 radical (unpaired) electrons. The Morgan fingerprint density at radius 3 is 2.24 bits per heavy atom. The van der Waals surface area contributed by atoms with Crippen LogP contribution in [0.3, 0.4) is 0 Å². The third-order valence-electron chi connectivity index (χ3n) is 9.55. The lowest BCUT2D eigenvalue weighted by Gasteiger charge is -2.37. The molecule has 0 N–H and O–H groups in total. The highest BCUT2D eigenvalue weighted by molar-refractivity contribution is 7.21. The van der Waals surface area contributed by atoms with Gasteiger partial charge in [0.15, 0.2) is 11.5 Å². The minimum Gasteiger partial charge on any atom is -1.00 e. The van der Waals surface area contributed by atoms with E-state index in [1.165, 1.54) is 27.5 Å². The molecule has 0 fully saturated rings.